The molecule has 32 heavy (non-hydrogen) atoms. The number of nitrogens with zero attached hydrogens (tertiary/aromatic N) is 2. The van der Waals surface area contributed by atoms with Crippen molar-refractivity contribution in [3.63, 3.8) is 0 Å². The third-order valence-corrected chi connectivity index (χ3v) is 8.37. The zero-order chi connectivity index (χ0) is 22.6. The first-order valence-corrected chi connectivity index (χ1v) is 13.1. The highest BCUT2D eigenvalue weighted by molar-refractivity contribution is 7.89. The minimum absolute atomic E-state index is 0.0218. The highest BCUT2D eigenvalue weighted by Gasteiger charge is 2.32. The molecule has 1 fully saturated rings. The van der Waals surface area contributed by atoms with Gasteiger partial charge in [0.1, 0.15) is 5.75 Å². The van der Waals surface area contributed by atoms with Crippen LogP contribution in [0.4, 0.5) is 5.69 Å². The number of rotatable bonds is 8. The number of hydrogen-bond acceptors (Lipinski definition) is 6. The van der Waals surface area contributed by atoms with Crippen molar-refractivity contribution in [1.29, 1.82) is 0 Å². The molecule has 0 aliphatic carbocycles. The largest absolute Gasteiger partial charge is 0.497 e. The zero-order valence-corrected chi connectivity index (χ0v) is 20.0. The number of benzene rings is 2. The lowest BCUT2D eigenvalue weighted by Crippen LogP contribution is -2.52. The van der Waals surface area contributed by atoms with Crippen molar-refractivity contribution in [2.24, 2.45) is 0 Å². The quantitative estimate of drug-likeness (QED) is 0.538. The van der Waals surface area contributed by atoms with Crippen LogP contribution in [0.3, 0.4) is 0 Å². The van der Waals surface area contributed by atoms with E-state index in [1.807, 2.05) is 36.6 Å². The van der Waals surface area contributed by atoms with Crippen LogP contribution in [-0.2, 0) is 10.0 Å². The average Bonchev–Trinajstić information content (AvgIpc) is 3.34. The third-order valence-electron chi connectivity index (χ3n) is 5.85. The zero-order valence-electron chi connectivity index (χ0n) is 18.3. The molecule has 8 heteroatoms. The number of methoxy groups -OCH3 is 1. The fourth-order valence-electron chi connectivity index (χ4n) is 4.23. The Morgan fingerprint density at radius 2 is 1.62 bits per heavy atom. The van der Waals surface area contributed by atoms with Gasteiger partial charge in [-0.15, -0.1) is 11.3 Å². The lowest BCUT2D eigenvalue weighted by molar-refractivity contribution is 0.164. The van der Waals surface area contributed by atoms with Gasteiger partial charge >= 0.3 is 0 Å². The fourth-order valence-corrected chi connectivity index (χ4v) is 6.46. The van der Waals surface area contributed by atoms with E-state index in [4.69, 9.17) is 4.74 Å². The summed E-state index contributed by atoms with van der Waals surface area (Å²) in [5.41, 5.74) is 1.18. The van der Waals surface area contributed by atoms with Gasteiger partial charge in [0.2, 0.25) is 10.0 Å². The molecule has 4 rings (SSSR count). The average molecular weight is 472 g/mol. The molecule has 170 valence electrons. The predicted octanol–water partition coefficient (Wildman–Crippen LogP) is 3.99. The number of thiophene rings is 1. The minimum Gasteiger partial charge on any atom is -0.497 e. The van der Waals surface area contributed by atoms with E-state index in [0.29, 0.717) is 4.90 Å². The van der Waals surface area contributed by atoms with Crippen molar-refractivity contribution >= 4 is 27.0 Å². The molecule has 0 spiro atoms. The molecule has 6 nitrogen and oxygen atoms in total. The van der Waals surface area contributed by atoms with Gasteiger partial charge in [0.25, 0.3) is 0 Å². The Hall–Kier alpha value is -2.39. The Morgan fingerprint density at radius 3 is 2.22 bits per heavy atom. The Morgan fingerprint density at radius 1 is 0.938 bits per heavy atom. The first-order valence-electron chi connectivity index (χ1n) is 10.7. The number of piperazine rings is 1. The number of ether oxygens (including phenoxy) is 1. The van der Waals surface area contributed by atoms with Gasteiger partial charge in [0.05, 0.1) is 18.0 Å². The molecule has 3 aromatic rings. The summed E-state index contributed by atoms with van der Waals surface area (Å²) in [4.78, 5) is 6.22. The van der Waals surface area contributed by atoms with Gasteiger partial charge in [-0.1, -0.05) is 24.3 Å². The molecule has 2 heterocycles. The van der Waals surface area contributed by atoms with Crippen molar-refractivity contribution < 1.29 is 13.2 Å². The van der Waals surface area contributed by atoms with Crippen LogP contribution in [0.25, 0.3) is 0 Å². The molecule has 1 N–H and O–H groups in total. The van der Waals surface area contributed by atoms with Crippen LogP contribution in [0.5, 0.6) is 5.75 Å². The van der Waals surface area contributed by atoms with Crippen molar-refractivity contribution in [2.45, 2.75) is 23.9 Å². The summed E-state index contributed by atoms with van der Waals surface area (Å²) in [5.74, 6) is 0.852. The first-order chi connectivity index (χ1) is 15.5. The lowest BCUT2D eigenvalue weighted by atomic mass is 10.1. The summed E-state index contributed by atoms with van der Waals surface area (Å²) in [7, 11) is -1.92. The first kappa shape index (κ1) is 22.8. The van der Waals surface area contributed by atoms with E-state index in [0.717, 1.165) is 31.9 Å². The molecule has 0 radical (unpaired) electrons. The molecule has 0 unspecified atom stereocenters. The second-order valence-corrected chi connectivity index (χ2v) is 10.6. The van der Waals surface area contributed by atoms with E-state index in [-0.39, 0.29) is 12.1 Å². The lowest BCUT2D eigenvalue weighted by Gasteiger charge is -2.42. The molecule has 1 saturated heterocycles. The van der Waals surface area contributed by atoms with Gasteiger partial charge in [-0.2, -0.15) is 0 Å². The number of nitrogens with one attached hydrogen (secondary N) is 1. The van der Waals surface area contributed by atoms with Gasteiger partial charge in [-0.25, -0.2) is 13.1 Å². The van der Waals surface area contributed by atoms with Crippen LogP contribution in [0, 0.1) is 0 Å². The van der Waals surface area contributed by atoms with E-state index < -0.39 is 10.0 Å². The summed E-state index contributed by atoms with van der Waals surface area (Å²) in [6.07, 6.45) is 0. The molecule has 1 aliphatic heterocycles. The van der Waals surface area contributed by atoms with Gasteiger partial charge < -0.3 is 9.64 Å². The maximum atomic E-state index is 12.9. The maximum Gasteiger partial charge on any atom is 0.240 e. The predicted molar refractivity (Wildman–Crippen MR) is 130 cm³/mol. The van der Waals surface area contributed by atoms with Crippen molar-refractivity contribution in [2.75, 3.05) is 38.2 Å². The summed E-state index contributed by atoms with van der Waals surface area (Å²) in [5, 5.41) is 2.05. The van der Waals surface area contributed by atoms with Crippen molar-refractivity contribution in [3.05, 3.63) is 77.0 Å². The molecule has 2 atom stereocenters. The highest BCUT2D eigenvalue weighted by Crippen LogP contribution is 2.31. The second kappa shape index (κ2) is 10.0. The summed E-state index contributed by atoms with van der Waals surface area (Å²) >= 11 is 1.67. The molecular formula is C24H29N3O3S2. The van der Waals surface area contributed by atoms with Crippen molar-refractivity contribution in [3.8, 4) is 5.75 Å². The van der Waals surface area contributed by atoms with Crippen LogP contribution < -0.4 is 14.4 Å². The minimum atomic E-state index is -3.59. The Labute approximate surface area is 194 Å². The summed E-state index contributed by atoms with van der Waals surface area (Å²) in [6, 6.07) is 20.5. The van der Waals surface area contributed by atoms with Gasteiger partial charge in [-0.05, 0) is 54.8 Å². The molecule has 0 bridgehead atoms. The third kappa shape index (κ3) is 5.15. The fraction of sp³-hybridized carbons (Fsp3) is 0.333. The maximum absolute atomic E-state index is 12.9. The summed E-state index contributed by atoms with van der Waals surface area (Å²) < 4.78 is 34.1. The number of hydrogen-bond donors (Lipinski definition) is 1. The monoisotopic (exact) mass is 471 g/mol. The molecular weight excluding hydrogens is 442 g/mol. The molecule has 2 aromatic carbocycles. The smallest absolute Gasteiger partial charge is 0.240 e. The Bertz CT molecular complexity index is 1080. The summed E-state index contributed by atoms with van der Waals surface area (Å²) in [6.45, 7) is 5.43. The van der Waals surface area contributed by atoms with Gasteiger partial charge in [0.15, 0.2) is 0 Å². The van der Waals surface area contributed by atoms with E-state index in [2.05, 4.69) is 32.7 Å². The van der Waals surface area contributed by atoms with Crippen molar-refractivity contribution in [1.82, 2.24) is 9.62 Å². The highest BCUT2D eigenvalue weighted by atomic mass is 32.2. The van der Waals surface area contributed by atoms with Crippen LogP contribution in [-0.4, -0.2) is 52.6 Å². The Kier molecular flexibility index (Phi) is 7.15. The number of sulfonamides is 1. The molecule has 0 saturated carbocycles. The van der Waals surface area contributed by atoms with Crippen LogP contribution in [0.1, 0.15) is 17.8 Å². The van der Waals surface area contributed by atoms with Gasteiger partial charge in [0, 0.05) is 42.8 Å². The van der Waals surface area contributed by atoms with E-state index in [1.54, 1.807) is 42.7 Å². The standard InChI is InChI=1S/C24H29N3O3S2/c1-19(25-32(28,29)22-7-4-3-5-8-22)24(23-9-6-18-31-23)27-16-14-26(15-17-27)20-10-12-21(30-2)13-11-20/h3-13,18-19,24-25H,14-17H2,1-2H3/t19-,24+/m0/s1. The van der Waals surface area contributed by atoms with Crippen LogP contribution in [0.2, 0.25) is 0 Å². The molecule has 0 amide bonds. The van der Waals surface area contributed by atoms with E-state index in [1.165, 1.54) is 10.6 Å². The SMILES string of the molecule is COc1ccc(N2CCN([C@@H](c3cccs3)[C@H](C)NS(=O)(=O)c3ccccc3)CC2)cc1. The van der Waals surface area contributed by atoms with E-state index >= 15 is 0 Å². The van der Waals surface area contributed by atoms with Crippen LogP contribution >= 0.6 is 11.3 Å². The topological polar surface area (TPSA) is 61.9 Å². The van der Waals surface area contributed by atoms with Gasteiger partial charge in [-0.3, -0.25) is 4.90 Å². The molecule has 1 aromatic heterocycles. The molecule has 1 aliphatic rings. The normalized spacial score (nSPS) is 17.1. The Balaban J connectivity index is 1.48. The number of anilines is 1. The van der Waals surface area contributed by atoms with E-state index in [9.17, 15) is 8.42 Å². The van der Waals surface area contributed by atoms with Crippen LogP contribution in [0.15, 0.2) is 77.0 Å². The second-order valence-electron chi connectivity index (χ2n) is 7.90.